The highest BCUT2D eigenvalue weighted by atomic mass is 16.5. The number of Topliss-reactive ketones (excluding diaryl/α,β-unsaturated/α-hetero) is 1. The first-order chi connectivity index (χ1) is 15.5. The lowest BCUT2D eigenvalue weighted by molar-refractivity contribution is -0.116. The molecule has 2 atom stereocenters. The molecule has 32 heavy (non-hydrogen) atoms. The minimum absolute atomic E-state index is 0.0214. The van der Waals surface area contributed by atoms with Gasteiger partial charge in [0.1, 0.15) is 5.75 Å². The molecular weight excluding hydrogens is 408 g/mol. The number of aromatic hydroxyl groups is 1. The van der Waals surface area contributed by atoms with Crippen molar-refractivity contribution in [2.75, 3.05) is 19.5 Å². The molecule has 0 amide bonds. The van der Waals surface area contributed by atoms with E-state index in [9.17, 15) is 9.90 Å². The van der Waals surface area contributed by atoms with Gasteiger partial charge < -0.3 is 24.4 Å². The summed E-state index contributed by atoms with van der Waals surface area (Å²) >= 11 is 0. The summed E-state index contributed by atoms with van der Waals surface area (Å²) in [4.78, 5) is 13.6. The Morgan fingerprint density at radius 3 is 2.59 bits per heavy atom. The van der Waals surface area contributed by atoms with Crippen LogP contribution in [-0.4, -0.2) is 30.3 Å². The Balaban J connectivity index is 1.68. The normalized spacial score (nSPS) is 19.8. The van der Waals surface area contributed by atoms with Crippen LogP contribution in [0.5, 0.6) is 17.2 Å². The summed E-state index contributed by atoms with van der Waals surface area (Å²) in [5.74, 6) is 1.40. The number of rotatable bonds is 4. The van der Waals surface area contributed by atoms with Crippen molar-refractivity contribution in [2.24, 2.45) is 0 Å². The van der Waals surface area contributed by atoms with Crippen molar-refractivity contribution in [1.29, 1.82) is 0 Å². The van der Waals surface area contributed by atoms with Gasteiger partial charge in [-0.05, 0) is 31.0 Å². The Hall–Kier alpha value is -3.74. The van der Waals surface area contributed by atoms with Crippen LogP contribution in [0.25, 0.3) is 0 Å². The van der Waals surface area contributed by atoms with Crippen molar-refractivity contribution < 1.29 is 23.9 Å². The Bertz CT molecular complexity index is 1240. The molecule has 2 aromatic carbocycles. The monoisotopic (exact) mass is 432 g/mol. The van der Waals surface area contributed by atoms with Crippen molar-refractivity contribution in [2.45, 2.75) is 31.6 Å². The van der Waals surface area contributed by atoms with Gasteiger partial charge in [-0.25, -0.2) is 0 Å². The van der Waals surface area contributed by atoms with E-state index in [1.54, 1.807) is 26.4 Å². The van der Waals surface area contributed by atoms with E-state index in [0.717, 1.165) is 22.4 Å². The second-order valence-electron chi connectivity index (χ2n) is 8.13. The van der Waals surface area contributed by atoms with Gasteiger partial charge in [0.15, 0.2) is 17.3 Å². The fraction of sp³-hybridized carbons (Fsp3) is 0.280. The molecule has 2 heterocycles. The molecule has 2 aliphatic rings. The third kappa shape index (κ3) is 3.04. The number of ether oxygens (including phenoxy) is 2. The molecule has 0 radical (unpaired) electrons. The topological polar surface area (TPSA) is 93.8 Å². The number of para-hydroxylation sites is 2. The van der Waals surface area contributed by atoms with E-state index >= 15 is 0 Å². The first-order valence-electron chi connectivity index (χ1n) is 10.5. The van der Waals surface area contributed by atoms with E-state index in [-0.39, 0.29) is 17.5 Å². The molecule has 0 fully saturated rings. The standard InChI is InChI=1S/C25H24N2O5/c1-13-21-22(16-8-6-10-20(30-2)24(16)31-3)23-17(26-25(21)32-27-13)11-14(12-19(23)29)15-7-4-5-9-18(15)28/h4-10,14,22,26,28H,11-12H2,1-3H3/t14-,22-/m0/s1. The minimum Gasteiger partial charge on any atom is -0.508 e. The van der Waals surface area contributed by atoms with Gasteiger partial charge in [-0.2, -0.15) is 0 Å². The molecular formula is C25H24N2O5. The van der Waals surface area contributed by atoms with Crippen LogP contribution in [0.4, 0.5) is 5.88 Å². The second-order valence-corrected chi connectivity index (χ2v) is 8.13. The second kappa shape index (κ2) is 7.75. The predicted octanol–water partition coefficient (Wildman–Crippen LogP) is 4.66. The van der Waals surface area contributed by atoms with E-state index in [4.69, 9.17) is 14.0 Å². The number of nitrogens with zero attached hydrogens (tertiary/aromatic N) is 1. The van der Waals surface area contributed by atoms with E-state index in [0.29, 0.717) is 41.5 Å². The van der Waals surface area contributed by atoms with Crippen molar-refractivity contribution in [3.05, 3.63) is 76.1 Å². The summed E-state index contributed by atoms with van der Waals surface area (Å²) in [6.45, 7) is 1.87. The lowest BCUT2D eigenvalue weighted by Gasteiger charge is -2.35. The van der Waals surface area contributed by atoms with Crippen molar-refractivity contribution in [3.8, 4) is 17.2 Å². The van der Waals surface area contributed by atoms with Crippen LogP contribution in [0.2, 0.25) is 0 Å². The molecule has 2 N–H and O–H groups in total. The smallest absolute Gasteiger partial charge is 0.233 e. The summed E-state index contributed by atoms with van der Waals surface area (Å²) in [6.07, 6.45) is 0.876. The third-order valence-corrected chi connectivity index (χ3v) is 6.38. The number of methoxy groups -OCH3 is 2. The van der Waals surface area contributed by atoms with Gasteiger partial charge >= 0.3 is 0 Å². The number of aromatic nitrogens is 1. The van der Waals surface area contributed by atoms with Gasteiger partial charge in [0.05, 0.1) is 31.4 Å². The van der Waals surface area contributed by atoms with Crippen LogP contribution >= 0.6 is 0 Å². The zero-order valence-corrected chi connectivity index (χ0v) is 18.1. The Labute approximate surface area is 185 Å². The first-order valence-corrected chi connectivity index (χ1v) is 10.5. The van der Waals surface area contributed by atoms with E-state index in [1.165, 1.54) is 0 Å². The molecule has 0 bridgehead atoms. The summed E-state index contributed by atoms with van der Waals surface area (Å²) in [6, 6.07) is 12.8. The van der Waals surface area contributed by atoms with Gasteiger partial charge in [0.25, 0.3) is 0 Å². The molecule has 7 nitrogen and oxygen atoms in total. The number of phenolic OH excluding ortho intramolecular Hbond substituents is 1. The van der Waals surface area contributed by atoms with Gasteiger partial charge in [-0.3, -0.25) is 4.79 Å². The van der Waals surface area contributed by atoms with E-state index < -0.39 is 5.92 Å². The maximum Gasteiger partial charge on any atom is 0.233 e. The number of hydrogen-bond acceptors (Lipinski definition) is 7. The van der Waals surface area contributed by atoms with E-state index in [2.05, 4.69) is 10.5 Å². The summed E-state index contributed by atoms with van der Waals surface area (Å²) in [7, 11) is 3.18. The molecule has 1 aromatic heterocycles. The number of benzene rings is 2. The zero-order valence-electron chi connectivity index (χ0n) is 18.1. The molecule has 7 heteroatoms. The maximum absolute atomic E-state index is 13.6. The van der Waals surface area contributed by atoms with Gasteiger partial charge in [0.2, 0.25) is 5.88 Å². The predicted molar refractivity (Wildman–Crippen MR) is 118 cm³/mol. The number of carbonyl (C=O) groups excluding carboxylic acids is 1. The average Bonchev–Trinajstić information content (AvgIpc) is 3.17. The molecule has 1 aliphatic carbocycles. The summed E-state index contributed by atoms with van der Waals surface area (Å²) < 4.78 is 16.8. The lowest BCUT2D eigenvalue weighted by Crippen LogP contribution is -2.29. The van der Waals surface area contributed by atoms with Gasteiger partial charge in [0, 0.05) is 29.2 Å². The first kappa shape index (κ1) is 20.2. The lowest BCUT2D eigenvalue weighted by atomic mass is 9.72. The van der Waals surface area contributed by atoms with Crippen LogP contribution in [-0.2, 0) is 4.79 Å². The molecule has 5 rings (SSSR count). The molecule has 0 unspecified atom stereocenters. The van der Waals surface area contributed by atoms with Gasteiger partial charge in [-0.1, -0.05) is 35.5 Å². The Morgan fingerprint density at radius 2 is 1.84 bits per heavy atom. The molecule has 0 saturated carbocycles. The van der Waals surface area contributed by atoms with Crippen LogP contribution in [0.1, 0.15) is 47.1 Å². The number of fused-ring (bicyclic) bond motifs is 1. The SMILES string of the molecule is COc1cccc([C@@H]2C3=C(C[C@H](c4ccccc4O)CC3=O)Nc3onc(C)c32)c1OC. The summed E-state index contributed by atoms with van der Waals surface area (Å²) in [5, 5.41) is 17.8. The Kier molecular flexibility index (Phi) is 4.89. The van der Waals surface area contributed by atoms with E-state index in [1.807, 2.05) is 37.3 Å². The minimum atomic E-state index is -0.393. The van der Waals surface area contributed by atoms with Crippen LogP contribution < -0.4 is 14.8 Å². The number of phenols is 1. The molecule has 1 aliphatic heterocycles. The van der Waals surface area contributed by atoms with Crippen LogP contribution in [0, 0.1) is 6.92 Å². The molecule has 164 valence electrons. The molecule has 3 aromatic rings. The number of carbonyl (C=O) groups is 1. The maximum atomic E-state index is 13.6. The van der Waals surface area contributed by atoms with Crippen molar-refractivity contribution in [1.82, 2.24) is 5.16 Å². The number of hydrogen-bond donors (Lipinski definition) is 2. The highest BCUT2D eigenvalue weighted by Gasteiger charge is 2.42. The zero-order chi connectivity index (χ0) is 22.4. The fourth-order valence-electron chi connectivity index (χ4n) is 4.98. The molecule has 0 saturated heterocycles. The van der Waals surface area contributed by atoms with Crippen molar-refractivity contribution in [3.63, 3.8) is 0 Å². The number of allylic oxidation sites excluding steroid dienone is 2. The third-order valence-electron chi connectivity index (χ3n) is 6.38. The number of aryl methyl sites for hydroxylation is 1. The highest BCUT2D eigenvalue weighted by molar-refractivity contribution is 6.02. The summed E-state index contributed by atoms with van der Waals surface area (Å²) in [5.41, 5.74) is 4.59. The van der Waals surface area contributed by atoms with Crippen LogP contribution in [0.15, 0.2) is 58.3 Å². The fourth-order valence-corrected chi connectivity index (χ4v) is 4.98. The largest absolute Gasteiger partial charge is 0.508 e. The molecule has 0 spiro atoms. The van der Waals surface area contributed by atoms with Crippen molar-refractivity contribution >= 4 is 11.7 Å². The van der Waals surface area contributed by atoms with Gasteiger partial charge in [-0.15, -0.1) is 0 Å². The average molecular weight is 432 g/mol. The number of nitrogens with one attached hydrogen (secondary N) is 1. The highest BCUT2D eigenvalue weighted by Crippen LogP contribution is 2.52. The quantitative estimate of drug-likeness (QED) is 0.619. The Morgan fingerprint density at radius 1 is 1.06 bits per heavy atom. The van der Waals surface area contributed by atoms with Crippen LogP contribution in [0.3, 0.4) is 0 Å². The number of ketones is 1. The number of anilines is 1.